The second-order valence-electron chi connectivity index (χ2n) is 23.2. The van der Waals surface area contributed by atoms with Gasteiger partial charge >= 0.3 is 6.01 Å². The van der Waals surface area contributed by atoms with E-state index in [4.69, 9.17) is 31.0 Å². The van der Waals surface area contributed by atoms with Gasteiger partial charge < -0.3 is 55.7 Å². The number of carbonyl (C=O) groups excluding carboxylic acids is 1. The van der Waals surface area contributed by atoms with Crippen molar-refractivity contribution in [2.24, 2.45) is 0 Å². The summed E-state index contributed by atoms with van der Waals surface area (Å²) in [4.78, 5) is 79.4. The quantitative estimate of drug-likeness (QED) is 0.0325. The Hall–Kier alpha value is -12.8. The molecule has 104 heavy (non-hydrogen) atoms. The molecule has 12 heterocycles. The minimum Gasteiger partial charge on any atom is -0.423 e. The minimum atomic E-state index is -0.0873. The fraction of sp³-hybridized carbons (Fsp3) is 0.277. The van der Waals surface area contributed by atoms with E-state index in [-0.39, 0.29) is 17.9 Å². The number of H-pyrrole nitrogens is 3. The maximum absolute atomic E-state index is 11.2. The van der Waals surface area contributed by atoms with Crippen molar-refractivity contribution in [2.75, 3.05) is 118 Å². The molecular weight excluding hydrogens is 1370 g/mol. The monoisotopic (exact) mass is 1440 g/mol. The van der Waals surface area contributed by atoms with Crippen LogP contribution in [0.4, 0.5) is 82.4 Å². The molecule has 9 N–H and O–H groups in total. The van der Waals surface area contributed by atoms with Crippen molar-refractivity contribution >= 4 is 121 Å². The predicted molar refractivity (Wildman–Crippen MR) is 392 cm³/mol. The lowest BCUT2D eigenvalue weighted by atomic mass is 10.1. The third-order valence-corrected chi connectivity index (χ3v) is 16.8. The standard InChI is InChI=1S/C20H24N8O.C17H17N9S.C16H19N9O.C12H11ClN8O/c1-15(29)22-17-8-6-16(7-9-17)14-18-23-19(26-28-13-5-10-21-28)25-20(24-18)27-11-3-2-4-12-27;1-2-6-26(5-1)17-22-14(20-16(23-17)21-15-9-19-25-24-15)8-11-3-4-12-13(7-11)27-10-18-12;1-24(12-5-3-2-4-6-12)15-19-14(18-13-11-17-23-22-13)20-16(21-15)25-7-9-26-10-8-25;1-14-10-17-11(16-9-6-15-21-20-9)19-12(18-10)22-8-5-3-2-4-7(8)13/h5-10,13H,2-4,11-12,14H2,1H3,(H,22,29)(H,23,24,25,26);3-4,7,9-10H,1-2,5-6,8H2,(H2,19,20,21,22,23,24,25);2-6,11H,7-10H2,1H3,(H2,17,18,19,20,21,22,23);2-6H,1H3,(H3,14,15,16,17,18,19,20,21). The number of aromatic nitrogens is 24. The van der Waals surface area contributed by atoms with Gasteiger partial charge in [-0.3, -0.25) is 4.79 Å². The summed E-state index contributed by atoms with van der Waals surface area (Å²) in [5.41, 5.74) is 9.93. The van der Waals surface area contributed by atoms with Crippen LogP contribution >= 0.6 is 22.9 Å². The molecule has 0 aliphatic carbocycles. The molecule has 13 aromatic rings. The molecule has 0 radical (unpaired) electrons. The Morgan fingerprint density at radius 2 is 1.16 bits per heavy atom. The first-order valence-electron chi connectivity index (χ1n) is 33.1. The second-order valence-corrected chi connectivity index (χ2v) is 24.5. The van der Waals surface area contributed by atoms with Crippen LogP contribution in [-0.4, -0.2) is 193 Å². The lowest BCUT2D eigenvalue weighted by Gasteiger charge is -2.28. The van der Waals surface area contributed by atoms with Gasteiger partial charge in [-0.15, -0.1) is 26.6 Å². The largest absolute Gasteiger partial charge is 0.423 e. The van der Waals surface area contributed by atoms with Gasteiger partial charge in [0, 0.05) is 90.7 Å². The molecule has 0 bridgehead atoms. The van der Waals surface area contributed by atoms with Crippen molar-refractivity contribution in [3.63, 3.8) is 0 Å². The number of thiazole rings is 1. The highest BCUT2D eigenvalue weighted by Crippen LogP contribution is 2.30. The van der Waals surface area contributed by atoms with Gasteiger partial charge in [-0.1, -0.05) is 60.1 Å². The van der Waals surface area contributed by atoms with Crippen LogP contribution in [0.3, 0.4) is 0 Å². The molecule has 37 nitrogen and oxygen atoms in total. The van der Waals surface area contributed by atoms with Gasteiger partial charge in [0.1, 0.15) is 17.4 Å². The van der Waals surface area contributed by atoms with Crippen molar-refractivity contribution < 1.29 is 14.3 Å². The fourth-order valence-electron chi connectivity index (χ4n) is 10.7. The molecule has 532 valence electrons. The summed E-state index contributed by atoms with van der Waals surface area (Å²) in [7, 11) is 3.61. The summed E-state index contributed by atoms with van der Waals surface area (Å²) in [6.07, 6.45) is 15.2. The third kappa shape index (κ3) is 19.6. The Labute approximate surface area is 603 Å². The van der Waals surface area contributed by atoms with Crippen LogP contribution in [0.1, 0.15) is 61.8 Å². The first kappa shape index (κ1) is 69.6. The zero-order valence-corrected chi connectivity index (χ0v) is 58.1. The van der Waals surface area contributed by atoms with Gasteiger partial charge in [0.25, 0.3) is 0 Å². The number of hydrogen-bond donors (Lipinski definition) is 9. The van der Waals surface area contributed by atoms with Crippen LogP contribution in [0.2, 0.25) is 5.02 Å². The van der Waals surface area contributed by atoms with E-state index in [0.29, 0.717) is 108 Å². The predicted octanol–water partition coefficient (Wildman–Crippen LogP) is 8.58. The van der Waals surface area contributed by atoms with Crippen LogP contribution < -0.4 is 56.3 Å². The summed E-state index contributed by atoms with van der Waals surface area (Å²) in [6, 6.07) is 32.9. The van der Waals surface area contributed by atoms with E-state index in [9.17, 15) is 4.79 Å². The number of carbonyl (C=O) groups is 1. The van der Waals surface area contributed by atoms with Crippen LogP contribution in [0.25, 0.3) is 10.2 Å². The lowest BCUT2D eigenvalue weighted by molar-refractivity contribution is -0.114. The Bertz CT molecular complexity index is 4810. The number of benzene rings is 4. The Morgan fingerprint density at radius 1 is 0.596 bits per heavy atom. The molecule has 0 spiro atoms. The number of hydrogen-bond acceptors (Lipinski definition) is 33. The Morgan fingerprint density at radius 3 is 1.78 bits per heavy atom. The number of piperidine rings is 1. The number of halogens is 1. The summed E-state index contributed by atoms with van der Waals surface area (Å²) in [5.74, 6) is 7.85. The number of amides is 1. The third-order valence-electron chi connectivity index (χ3n) is 15.7. The molecule has 3 aliphatic heterocycles. The number of aromatic amines is 3. The van der Waals surface area contributed by atoms with Gasteiger partial charge in [0.05, 0.1) is 58.8 Å². The summed E-state index contributed by atoms with van der Waals surface area (Å²) < 4.78 is 12.2. The second kappa shape index (κ2) is 34.5. The first-order chi connectivity index (χ1) is 51.0. The van der Waals surface area contributed by atoms with E-state index >= 15 is 0 Å². The fourth-order valence-corrected chi connectivity index (χ4v) is 11.6. The van der Waals surface area contributed by atoms with E-state index < -0.39 is 0 Å². The SMILES string of the molecule is CC(=O)Nc1ccc(Cc2nc(Nn3cccn3)nc(N3CCCCC3)n2)cc1.CN(c1ccccc1)c1nc(Nc2cn[nH]n2)nc(N2CCOCC2)n1.CNc1nc(Nc2cn[nH]n2)nc(Oc2ccccc2Cl)n1.c1nc2ccc(Cc3nc(Nc4cn[nH]n4)nc(N4CCCC4)n3)cc2s1. The van der Waals surface area contributed by atoms with Crippen molar-refractivity contribution in [1.82, 2.24) is 121 Å². The molecule has 39 heteroatoms. The average Bonchev–Trinajstić information content (AvgIpc) is 1.43. The molecule has 9 aromatic heterocycles. The molecule has 0 unspecified atom stereocenters. The van der Waals surface area contributed by atoms with Crippen LogP contribution in [0, 0.1) is 0 Å². The zero-order valence-electron chi connectivity index (χ0n) is 56.6. The van der Waals surface area contributed by atoms with Gasteiger partial charge in [0.2, 0.25) is 59.4 Å². The molecule has 3 fully saturated rings. The molecule has 0 atom stereocenters. The normalized spacial score (nSPS) is 13.3. The van der Waals surface area contributed by atoms with E-state index in [1.54, 1.807) is 72.2 Å². The van der Waals surface area contributed by atoms with Gasteiger partial charge in [-0.2, -0.15) is 101 Å². The number of para-hydroxylation sites is 2. The molecule has 3 saturated heterocycles. The topological polar surface area (TPSA) is 431 Å². The summed E-state index contributed by atoms with van der Waals surface area (Å²) >= 11 is 7.69. The number of morpholine rings is 1. The number of nitrogens with zero attached hydrogens (tertiary/aromatic N) is 25. The van der Waals surface area contributed by atoms with E-state index in [1.807, 2.05) is 84.2 Å². The van der Waals surface area contributed by atoms with Crippen LogP contribution in [-0.2, 0) is 22.4 Å². The van der Waals surface area contributed by atoms with Crippen molar-refractivity contribution in [2.45, 2.75) is 51.9 Å². The maximum Gasteiger partial charge on any atom is 0.328 e. The Kier molecular flexibility index (Phi) is 23.1. The summed E-state index contributed by atoms with van der Waals surface area (Å²) in [6.45, 7) is 8.13. The Balaban J connectivity index is 0.000000124. The number of ether oxygens (including phenoxy) is 2. The first-order valence-corrected chi connectivity index (χ1v) is 34.4. The smallest absolute Gasteiger partial charge is 0.328 e. The number of anilines is 14. The molecule has 4 aromatic carbocycles. The van der Waals surface area contributed by atoms with Crippen molar-refractivity contribution in [1.29, 1.82) is 0 Å². The van der Waals surface area contributed by atoms with Crippen molar-refractivity contribution in [3.05, 3.63) is 167 Å². The minimum absolute atomic E-state index is 0.0873. The van der Waals surface area contributed by atoms with E-state index in [0.717, 1.165) is 98.8 Å². The van der Waals surface area contributed by atoms with Crippen LogP contribution in [0.5, 0.6) is 11.8 Å². The number of fused-ring (bicyclic) bond motifs is 1. The molecule has 3 aliphatic rings. The zero-order chi connectivity index (χ0) is 71.2. The van der Waals surface area contributed by atoms with Gasteiger partial charge in [0.15, 0.2) is 17.5 Å². The molecule has 0 saturated carbocycles. The number of rotatable bonds is 21. The highest BCUT2D eigenvalue weighted by molar-refractivity contribution is 7.16. The summed E-state index contributed by atoms with van der Waals surface area (Å²) in [5, 5.41) is 50.0. The van der Waals surface area contributed by atoms with Crippen LogP contribution in [0.15, 0.2) is 140 Å². The van der Waals surface area contributed by atoms with Crippen molar-refractivity contribution in [3.8, 4) is 11.8 Å². The highest BCUT2D eigenvalue weighted by Gasteiger charge is 2.23. The molecule has 1 amide bonds. The van der Waals surface area contributed by atoms with Gasteiger partial charge in [-0.25, -0.2) is 10.4 Å². The molecular formula is C65H71ClN34O3S. The highest BCUT2D eigenvalue weighted by atomic mass is 35.5. The molecule has 16 rings (SSSR count). The maximum atomic E-state index is 11.2. The number of nitrogens with one attached hydrogen (secondary N) is 9. The average molecular weight is 1440 g/mol. The lowest BCUT2D eigenvalue weighted by Crippen LogP contribution is -2.37. The van der Waals surface area contributed by atoms with E-state index in [2.05, 4.69) is 165 Å². The van der Waals surface area contributed by atoms with Gasteiger partial charge in [-0.05, 0) is 97.8 Å². The van der Waals surface area contributed by atoms with E-state index in [1.165, 1.54) is 24.2 Å².